The summed E-state index contributed by atoms with van der Waals surface area (Å²) in [5, 5.41) is 3.29. The molecule has 3 N–H and O–H groups in total. The molecule has 0 radical (unpaired) electrons. The van der Waals surface area contributed by atoms with Crippen molar-refractivity contribution in [2.45, 2.75) is 13.0 Å². The first kappa shape index (κ1) is 13.6. The predicted octanol–water partition coefficient (Wildman–Crippen LogP) is 3.00. The van der Waals surface area contributed by atoms with Gasteiger partial charge < -0.3 is 15.8 Å². The van der Waals surface area contributed by atoms with Crippen LogP contribution in [0.15, 0.2) is 35.1 Å². The highest BCUT2D eigenvalue weighted by molar-refractivity contribution is 9.10. The number of anilines is 2. The Bertz CT molecular complexity index is 559. The van der Waals surface area contributed by atoms with Crippen molar-refractivity contribution in [3.05, 3.63) is 40.6 Å². The van der Waals surface area contributed by atoms with E-state index in [4.69, 9.17) is 10.5 Å². The zero-order chi connectivity index (χ0) is 13.8. The normalized spacial score (nSPS) is 11.9. The van der Waals surface area contributed by atoms with Crippen LogP contribution in [0.1, 0.15) is 18.5 Å². The van der Waals surface area contributed by atoms with E-state index in [1.807, 2.05) is 31.2 Å². The average molecular weight is 323 g/mol. The van der Waals surface area contributed by atoms with Gasteiger partial charge in [0, 0.05) is 6.04 Å². The Morgan fingerprint density at radius 3 is 2.58 bits per heavy atom. The maximum atomic E-state index is 5.72. The molecule has 1 unspecified atom stereocenters. The molecular weight excluding hydrogens is 308 g/mol. The van der Waals surface area contributed by atoms with Crippen LogP contribution in [0, 0.1) is 0 Å². The van der Waals surface area contributed by atoms with Gasteiger partial charge in [0.2, 0.25) is 0 Å². The smallest absolute Gasteiger partial charge is 0.146 e. The topological polar surface area (TPSA) is 73.1 Å². The fourth-order valence-corrected chi connectivity index (χ4v) is 1.98. The van der Waals surface area contributed by atoms with Crippen LogP contribution in [0.3, 0.4) is 0 Å². The first-order chi connectivity index (χ1) is 9.11. The van der Waals surface area contributed by atoms with Crippen molar-refractivity contribution in [3.8, 4) is 5.75 Å². The number of hydrogen-bond donors (Lipinski definition) is 2. The summed E-state index contributed by atoms with van der Waals surface area (Å²) in [4.78, 5) is 8.07. The molecule has 0 saturated heterocycles. The molecular formula is C13H15BrN4O. The summed E-state index contributed by atoms with van der Waals surface area (Å²) in [5.74, 6) is 1.93. The molecule has 1 aromatic heterocycles. The van der Waals surface area contributed by atoms with Gasteiger partial charge in [0.1, 0.15) is 28.2 Å². The van der Waals surface area contributed by atoms with Crippen molar-refractivity contribution in [3.63, 3.8) is 0 Å². The third kappa shape index (κ3) is 3.14. The lowest BCUT2D eigenvalue weighted by Gasteiger charge is -2.16. The van der Waals surface area contributed by atoms with Crippen molar-refractivity contribution in [1.29, 1.82) is 0 Å². The number of halogens is 1. The van der Waals surface area contributed by atoms with E-state index >= 15 is 0 Å². The number of nitrogens with two attached hydrogens (primary N) is 1. The van der Waals surface area contributed by atoms with E-state index in [9.17, 15) is 0 Å². The van der Waals surface area contributed by atoms with Crippen LogP contribution in [-0.4, -0.2) is 17.1 Å². The minimum absolute atomic E-state index is 0.0940. The van der Waals surface area contributed by atoms with Crippen LogP contribution in [0.5, 0.6) is 5.75 Å². The van der Waals surface area contributed by atoms with E-state index in [1.165, 1.54) is 6.33 Å². The Labute approximate surface area is 120 Å². The first-order valence-corrected chi connectivity index (χ1v) is 6.57. The van der Waals surface area contributed by atoms with Gasteiger partial charge >= 0.3 is 0 Å². The lowest BCUT2D eigenvalue weighted by atomic mass is 10.1. The quantitative estimate of drug-likeness (QED) is 0.905. The zero-order valence-electron chi connectivity index (χ0n) is 10.7. The molecule has 19 heavy (non-hydrogen) atoms. The van der Waals surface area contributed by atoms with Crippen LogP contribution >= 0.6 is 15.9 Å². The zero-order valence-corrected chi connectivity index (χ0v) is 12.3. The Kier molecular flexibility index (Phi) is 4.21. The largest absolute Gasteiger partial charge is 0.497 e. The van der Waals surface area contributed by atoms with Crippen molar-refractivity contribution < 1.29 is 4.74 Å². The van der Waals surface area contributed by atoms with Gasteiger partial charge in [-0.25, -0.2) is 9.97 Å². The summed E-state index contributed by atoms with van der Waals surface area (Å²) in [6.45, 7) is 2.05. The highest BCUT2D eigenvalue weighted by atomic mass is 79.9. The van der Waals surface area contributed by atoms with E-state index < -0.39 is 0 Å². The molecule has 2 aromatic rings. The third-order valence-electron chi connectivity index (χ3n) is 2.79. The monoisotopic (exact) mass is 322 g/mol. The van der Waals surface area contributed by atoms with Gasteiger partial charge in [0.15, 0.2) is 0 Å². The number of nitrogen functional groups attached to an aromatic ring is 1. The number of nitrogens with zero attached hydrogens (tertiary/aromatic N) is 2. The Morgan fingerprint density at radius 2 is 1.95 bits per heavy atom. The standard InChI is InChI=1S/C13H15BrN4O/c1-8(9-3-5-10(19-2)6-4-9)18-13-11(14)12(15)16-7-17-13/h3-8H,1-2H3,(H3,15,16,17,18). The van der Waals surface area contributed by atoms with Crippen LogP contribution in [-0.2, 0) is 0 Å². The van der Waals surface area contributed by atoms with Gasteiger partial charge in [0.25, 0.3) is 0 Å². The highest BCUT2D eigenvalue weighted by Crippen LogP contribution is 2.28. The summed E-state index contributed by atoms with van der Waals surface area (Å²) < 4.78 is 5.81. The van der Waals surface area contributed by atoms with Crippen molar-refractivity contribution >= 4 is 27.6 Å². The number of ether oxygens (including phenoxy) is 1. The van der Waals surface area contributed by atoms with Gasteiger partial charge in [-0.15, -0.1) is 0 Å². The maximum Gasteiger partial charge on any atom is 0.146 e. The van der Waals surface area contributed by atoms with E-state index in [-0.39, 0.29) is 6.04 Å². The first-order valence-electron chi connectivity index (χ1n) is 5.78. The van der Waals surface area contributed by atoms with E-state index in [2.05, 4.69) is 31.2 Å². The van der Waals surface area contributed by atoms with Gasteiger partial charge in [-0.05, 0) is 40.5 Å². The number of benzene rings is 1. The number of aromatic nitrogens is 2. The third-order valence-corrected chi connectivity index (χ3v) is 3.57. The summed E-state index contributed by atoms with van der Waals surface area (Å²) in [7, 11) is 1.65. The molecule has 0 aliphatic heterocycles. The predicted molar refractivity (Wildman–Crippen MR) is 79.2 cm³/mol. The van der Waals surface area contributed by atoms with Crippen molar-refractivity contribution in [1.82, 2.24) is 9.97 Å². The van der Waals surface area contributed by atoms with E-state index in [0.29, 0.717) is 16.1 Å². The molecule has 1 heterocycles. The molecule has 0 aliphatic carbocycles. The molecule has 5 nitrogen and oxygen atoms in total. The molecule has 0 amide bonds. The second-order valence-electron chi connectivity index (χ2n) is 4.06. The average Bonchev–Trinajstić information content (AvgIpc) is 2.44. The second-order valence-corrected chi connectivity index (χ2v) is 4.85. The van der Waals surface area contributed by atoms with Crippen molar-refractivity contribution in [2.24, 2.45) is 0 Å². The highest BCUT2D eigenvalue weighted by Gasteiger charge is 2.10. The maximum absolute atomic E-state index is 5.72. The molecule has 1 atom stereocenters. The molecule has 0 aliphatic rings. The lowest BCUT2D eigenvalue weighted by Crippen LogP contribution is -2.09. The summed E-state index contributed by atoms with van der Waals surface area (Å²) >= 11 is 3.37. The summed E-state index contributed by atoms with van der Waals surface area (Å²) in [6, 6.07) is 7.97. The molecule has 1 aromatic carbocycles. The Morgan fingerprint density at radius 1 is 1.26 bits per heavy atom. The number of methoxy groups -OCH3 is 1. The van der Waals surface area contributed by atoms with Crippen molar-refractivity contribution in [2.75, 3.05) is 18.2 Å². The molecule has 2 rings (SSSR count). The van der Waals surface area contributed by atoms with Crippen LogP contribution < -0.4 is 15.8 Å². The minimum atomic E-state index is 0.0940. The Balaban J connectivity index is 2.15. The molecule has 0 saturated carbocycles. The number of hydrogen-bond acceptors (Lipinski definition) is 5. The second kappa shape index (κ2) is 5.88. The van der Waals surface area contributed by atoms with E-state index in [1.54, 1.807) is 7.11 Å². The van der Waals surface area contributed by atoms with Gasteiger partial charge in [-0.2, -0.15) is 0 Å². The lowest BCUT2D eigenvalue weighted by molar-refractivity contribution is 0.414. The molecule has 100 valence electrons. The van der Waals surface area contributed by atoms with E-state index in [0.717, 1.165) is 11.3 Å². The molecule has 0 bridgehead atoms. The van der Waals surface area contributed by atoms with Gasteiger partial charge in [0.05, 0.1) is 7.11 Å². The molecule has 0 spiro atoms. The number of rotatable bonds is 4. The SMILES string of the molecule is COc1ccc(C(C)Nc2ncnc(N)c2Br)cc1. The molecule has 0 fully saturated rings. The van der Waals surface area contributed by atoms with Crippen LogP contribution in [0.25, 0.3) is 0 Å². The Hall–Kier alpha value is -1.82. The summed E-state index contributed by atoms with van der Waals surface area (Å²) in [6.07, 6.45) is 1.43. The van der Waals surface area contributed by atoms with Gasteiger partial charge in [-0.1, -0.05) is 12.1 Å². The summed E-state index contributed by atoms with van der Waals surface area (Å²) in [5.41, 5.74) is 6.85. The van der Waals surface area contributed by atoms with Crippen LogP contribution in [0.4, 0.5) is 11.6 Å². The van der Waals surface area contributed by atoms with Gasteiger partial charge in [-0.3, -0.25) is 0 Å². The van der Waals surface area contributed by atoms with Crippen LogP contribution in [0.2, 0.25) is 0 Å². The minimum Gasteiger partial charge on any atom is -0.497 e. The molecule has 6 heteroatoms. The fraction of sp³-hybridized carbons (Fsp3) is 0.231. The fourth-order valence-electron chi connectivity index (χ4n) is 1.67. The number of nitrogens with one attached hydrogen (secondary N) is 1.